The van der Waals surface area contributed by atoms with Gasteiger partial charge in [0.2, 0.25) is 0 Å². The molecule has 0 aromatic heterocycles. The second-order valence-electron chi connectivity index (χ2n) is 6.14. The van der Waals surface area contributed by atoms with Crippen LogP contribution >= 0.6 is 0 Å². The number of rotatable bonds is 4. The van der Waals surface area contributed by atoms with Gasteiger partial charge in [0.15, 0.2) is 0 Å². The zero-order chi connectivity index (χ0) is 14.1. The topological polar surface area (TPSA) is 55.7 Å². The first kappa shape index (κ1) is 13.7. The maximum Gasteiger partial charge on any atom is 0.123 e. The summed E-state index contributed by atoms with van der Waals surface area (Å²) in [6.45, 7) is 3.93. The highest BCUT2D eigenvalue weighted by molar-refractivity contribution is 5.38. The van der Waals surface area contributed by atoms with Gasteiger partial charge < -0.3 is 15.5 Å². The molecule has 2 aliphatic rings. The molecule has 2 saturated heterocycles. The van der Waals surface area contributed by atoms with Crippen LogP contribution in [0.5, 0.6) is 11.5 Å². The second kappa shape index (κ2) is 5.62. The van der Waals surface area contributed by atoms with Crippen LogP contribution in [0.1, 0.15) is 38.2 Å². The van der Waals surface area contributed by atoms with Gasteiger partial charge >= 0.3 is 0 Å². The predicted molar refractivity (Wildman–Crippen MR) is 78.8 cm³/mol. The number of nitrogens with one attached hydrogen (secondary N) is 1. The summed E-state index contributed by atoms with van der Waals surface area (Å²) >= 11 is 0. The maximum absolute atomic E-state index is 9.95. The average Bonchev–Trinajstić information content (AvgIpc) is 2.77. The smallest absolute Gasteiger partial charge is 0.123 e. The summed E-state index contributed by atoms with van der Waals surface area (Å²) in [6.07, 6.45) is 5.04. The van der Waals surface area contributed by atoms with E-state index in [1.165, 1.54) is 31.7 Å². The first-order chi connectivity index (χ1) is 9.65. The summed E-state index contributed by atoms with van der Waals surface area (Å²) < 4.78 is 0. The lowest BCUT2D eigenvalue weighted by Gasteiger charge is -2.37. The van der Waals surface area contributed by atoms with Gasteiger partial charge in [-0.15, -0.1) is 0 Å². The number of phenolic OH excluding ortho intramolecular Hbond substituents is 2. The molecule has 1 aromatic carbocycles. The fourth-order valence-corrected chi connectivity index (χ4v) is 3.73. The molecule has 2 heterocycles. The molecule has 0 spiro atoms. The van der Waals surface area contributed by atoms with Gasteiger partial charge in [0.1, 0.15) is 11.5 Å². The SMILES string of the molecule is CCN(Cc1ccc(O)cc1O)C1CC2CCC(C1)N2. The van der Waals surface area contributed by atoms with E-state index in [0.29, 0.717) is 18.1 Å². The van der Waals surface area contributed by atoms with Crippen molar-refractivity contribution >= 4 is 0 Å². The number of phenols is 2. The molecule has 2 unspecified atom stereocenters. The van der Waals surface area contributed by atoms with Crippen LogP contribution in [0.3, 0.4) is 0 Å². The van der Waals surface area contributed by atoms with Crippen LogP contribution in [0, 0.1) is 0 Å². The number of piperidine rings is 1. The Morgan fingerprint density at radius 3 is 2.50 bits per heavy atom. The Morgan fingerprint density at radius 2 is 1.90 bits per heavy atom. The van der Waals surface area contributed by atoms with Crippen LogP contribution in [0.25, 0.3) is 0 Å². The van der Waals surface area contributed by atoms with Gasteiger partial charge in [0.25, 0.3) is 0 Å². The van der Waals surface area contributed by atoms with Crippen LogP contribution in [-0.4, -0.2) is 39.8 Å². The van der Waals surface area contributed by atoms with Gasteiger partial charge in [-0.2, -0.15) is 0 Å². The minimum Gasteiger partial charge on any atom is -0.508 e. The van der Waals surface area contributed by atoms with Crippen LogP contribution in [0.4, 0.5) is 0 Å². The number of nitrogens with zero attached hydrogens (tertiary/aromatic N) is 1. The predicted octanol–water partition coefficient (Wildman–Crippen LogP) is 2.20. The van der Waals surface area contributed by atoms with Crippen LogP contribution < -0.4 is 5.32 Å². The van der Waals surface area contributed by atoms with Gasteiger partial charge in [-0.05, 0) is 38.3 Å². The molecule has 4 nitrogen and oxygen atoms in total. The molecule has 0 aliphatic carbocycles. The summed E-state index contributed by atoms with van der Waals surface area (Å²) in [5, 5.41) is 23.0. The molecule has 0 amide bonds. The third-order valence-corrected chi connectivity index (χ3v) is 4.81. The van der Waals surface area contributed by atoms with Crippen molar-refractivity contribution in [1.82, 2.24) is 10.2 Å². The quantitative estimate of drug-likeness (QED) is 0.789. The molecular formula is C16H24N2O2. The molecule has 2 fully saturated rings. The monoisotopic (exact) mass is 276 g/mol. The molecule has 2 atom stereocenters. The van der Waals surface area contributed by atoms with Crippen molar-refractivity contribution in [1.29, 1.82) is 0 Å². The minimum absolute atomic E-state index is 0.120. The van der Waals surface area contributed by atoms with Crippen molar-refractivity contribution in [2.45, 2.75) is 57.3 Å². The van der Waals surface area contributed by atoms with E-state index in [1.807, 2.05) is 6.07 Å². The Morgan fingerprint density at radius 1 is 1.20 bits per heavy atom. The fourth-order valence-electron chi connectivity index (χ4n) is 3.73. The molecule has 3 rings (SSSR count). The number of aromatic hydroxyl groups is 2. The Balaban J connectivity index is 1.70. The summed E-state index contributed by atoms with van der Waals surface area (Å²) in [6, 6.07) is 6.86. The molecular weight excluding hydrogens is 252 g/mol. The van der Waals surface area contributed by atoms with Crippen molar-refractivity contribution < 1.29 is 10.2 Å². The molecule has 0 saturated carbocycles. The number of benzene rings is 1. The van der Waals surface area contributed by atoms with Crippen molar-refractivity contribution in [3.63, 3.8) is 0 Å². The third-order valence-electron chi connectivity index (χ3n) is 4.81. The Hall–Kier alpha value is -1.26. The average molecular weight is 276 g/mol. The van der Waals surface area contributed by atoms with Gasteiger partial charge in [-0.3, -0.25) is 4.90 Å². The van der Waals surface area contributed by atoms with Crippen LogP contribution in [0.15, 0.2) is 18.2 Å². The van der Waals surface area contributed by atoms with Crippen molar-refractivity contribution in [2.24, 2.45) is 0 Å². The number of fused-ring (bicyclic) bond motifs is 2. The van der Waals surface area contributed by atoms with Crippen molar-refractivity contribution in [3.8, 4) is 11.5 Å². The Labute approximate surface area is 120 Å². The first-order valence-electron chi connectivity index (χ1n) is 7.66. The Bertz CT molecular complexity index is 466. The van der Waals surface area contributed by atoms with E-state index in [-0.39, 0.29) is 11.5 Å². The van der Waals surface area contributed by atoms with Crippen LogP contribution in [-0.2, 0) is 6.54 Å². The summed E-state index contributed by atoms with van der Waals surface area (Å²) in [7, 11) is 0. The molecule has 20 heavy (non-hydrogen) atoms. The van der Waals surface area contributed by atoms with E-state index in [0.717, 1.165) is 18.7 Å². The molecule has 1 aromatic rings. The van der Waals surface area contributed by atoms with E-state index in [4.69, 9.17) is 0 Å². The highest BCUT2D eigenvalue weighted by atomic mass is 16.3. The highest BCUT2D eigenvalue weighted by Crippen LogP contribution is 2.31. The number of hydrogen-bond donors (Lipinski definition) is 3. The minimum atomic E-state index is 0.120. The lowest BCUT2D eigenvalue weighted by molar-refractivity contribution is 0.139. The summed E-state index contributed by atoms with van der Waals surface area (Å²) in [4.78, 5) is 2.46. The standard InChI is InChI=1S/C16H24N2O2/c1-2-18(10-11-3-6-15(19)9-16(11)20)14-7-12-4-5-13(8-14)17-12/h3,6,9,12-14,17,19-20H,2,4-5,7-8,10H2,1H3. The van der Waals surface area contributed by atoms with E-state index >= 15 is 0 Å². The van der Waals surface area contributed by atoms with E-state index in [9.17, 15) is 10.2 Å². The molecule has 2 bridgehead atoms. The zero-order valence-corrected chi connectivity index (χ0v) is 12.0. The molecule has 3 N–H and O–H groups in total. The summed E-state index contributed by atoms with van der Waals surface area (Å²) in [5.74, 6) is 0.314. The van der Waals surface area contributed by atoms with Crippen LogP contribution in [0.2, 0.25) is 0 Å². The van der Waals surface area contributed by atoms with E-state index in [2.05, 4.69) is 17.1 Å². The van der Waals surface area contributed by atoms with Crippen molar-refractivity contribution in [2.75, 3.05) is 6.54 Å². The Kier molecular flexibility index (Phi) is 3.85. The van der Waals surface area contributed by atoms with Gasteiger partial charge in [0.05, 0.1) is 0 Å². The normalized spacial score (nSPS) is 29.0. The molecule has 0 radical (unpaired) electrons. The molecule has 110 valence electrons. The first-order valence-corrected chi connectivity index (χ1v) is 7.66. The molecule has 2 aliphatic heterocycles. The lowest BCUT2D eigenvalue weighted by atomic mass is 9.97. The van der Waals surface area contributed by atoms with Gasteiger partial charge in [0, 0.05) is 36.3 Å². The number of hydrogen-bond acceptors (Lipinski definition) is 4. The molecule has 4 heteroatoms. The largest absolute Gasteiger partial charge is 0.508 e. The maximum atomic E-state index is 9.95. The lowest BCUT2D eigenvalue weighted by Crippen LogP contribution is -2.47. The fraction of sp³-hybridized carbons (Fsp3) is 0.625. The van der Waals surface area contributed by atoms with Gasteiger partial charge in [-0.1, -0.05) is 13.0 Å². The third kappa shape index (κ3) is 2.76. The second-order valence-corrected chi connectivity index (χ2v) is 6.14. The van der Waals surface area contributed by atoms with Crippen molar-refractivity contribution in [3.05, 3.63) is 23.8 Å². The zero-order valence-electron chi connectivity index (χ0n) is 12.0. The van der Waals surface area contributed by atoms with E-state index in [1.54, 1.807) is 6.07 Å². The highest BCUT2D eigenvalue weighted by Gasteiger charge is 2.35. The van der Waals surface area contributed by atoms with E-state index < -0.39 is 0 Å². The summed E-state index contributed by atoms with van der Waals surface area (Å²) in [5.41, 5.74) is 0.899. The van der Waals surface area contributed by atoms with Gasteiger partial charge in [-0.25, -0.2) is 0 Å².